The molecule has 0 aromatic heterocycles. The Balaban J connectivity index is 2.68. The second-order valence-electron chi connectivity index (χ2n) is 4.79. The Hall–Kier alpha value is -1.75. The van der Waals surface area contributed by atoms with E-state index in [0.717, 1.165) is 30.2 Å². The fourth-order valence-electron chi connectivity index (χ4n) is 2.16. The van der Waals surface area contributed by atoms with Crippen molar-refractivity contribution < 1.29 is 14.3 Å². The summed E-state index contributed by atoms with van der Waals surface area (Å²) in [6, 6.07) is 5.44. The Morgan fingerprint density at radius 1 is 1.24 bits per heavy atom. The van der Waals surface area contributed by atoms with Crippen molar-refractivity contribution in [3.05, 3.63) is 23.8 Å². The normalized spacial score (nSPS) is 11.9. The van der Waals surface area contributed by atoms with E-state index in [1.54, 1.807) is 14.2 Å². The summed E-state index contributed by atoms with van der Waals surface area (Å²) < 4.78 is 10.5. The first-order valence-corrected chi connectivity index (χ1v) is 7.30. The fraction of sp³-hybridized carbons (Fsp3) is 0.562. The highest BCUT2D eigenvalue weighted by Crippen LogP contribution is 2.24. The van der Waals surface area contributed by atoms with E-state index in [1.807, 2.05) is 43.9 Å². The SMILES string of the molecule is CCN(CC)C(=O)C(C)NCc1ccc(OC)cc1OC. The molecular formula is C16H26N2O3. The molecule has 0 heterocycles. The number of ether oxygens (including phenoxy) is 2. The van der Waals surface area contributed by atoms with Gasteiger partial charge in [-0.05, 0) is 26.8 Å². The molecule has 1 rings (SSSR count). The van der Waals surface area contributed by atoms with Crippen molar-refractivity contribution in [2.45, 2.75) is 33.4 Å². The first-order chi connectivity index (χ1) is 10.1. The average molecular weight is 294 g/mol. The monoisotopic (exact) mass is 294 g/mol. The van der Waals surface area contributed by atoms with Crippen LogP contribution < -0.4 is 14.8 Å². The minimum atomic E-state index is -0.225. The molecule has 0 spiro atoms. The van der Waals surface area contributed by atoms with E-state index in [0.29, 0.717) is 6.54 Å². The molecule has 5 heteroatoms. The summed E-state index contributed by atoms with van der Waals surface area (Å²) in [5.41, 5.74) is 0.998. The number of carbonyl (C=O) groups is 1. The number of nitrogens with zero attached hydrogens (tertiary/aromatic N) is 1. The summed E-state index contributed by atoms with van der Waals surface area (Å²) >= 11 is 0. The highest BCUT2D eigenvalue weighted by Gasteiger charge is 2.18. The molecule has 118 valence electrons. The molecule has 1 atom stereocenters. The Morgan fingerprint density at radius 3 is 2.43 bits per heavy atom. The number of methoxy groups -OCH3 is 2. The van der Waals surface area contributed by atoms with Gasteiger partial charge in [0, 0.05) is 31.3 Å². The van der Waals surface area contributed by atoms with Gasteiger partial charge >= 0.3 is 0 Å². The van der Waals surface area contributed by atoms with E-state index < -0.39 is 0 Å². The van der Waals surface area contributed by atoms with Crippen molar-refractivity contribution in [2.75, 3.05) is 27.3 Å². The van der Waals surface area contributed by atoms with E-state index >= 15 is 0 Å². The van der Waals surface area contributed by atoms with Crippen molar-refractivity contribution in [3.63, 3.8) is 0 Å². The predicted molar refractivity (Wildman–Crippen MR) is 83.8 cm³/mol. The third kappa shape index (κ3) is 4.63. The van der Waals surface area contributed by atoms with Crippen LogP contribution in [0.25, 0.3) is 0 Å². The average Bonchev–Trinajstić information content (AvgIpc) is 2.53. The molecular weight excluding hydrogens is 268 g/mol. The van der Waals surface area contributed by atoms with Gasteiger partial charge in [-0.3, -0.25) is 4.79 Å². The smallest absolute Gasteiger partial charge is 0.239 e. The van der Waals surface area contributed by atoms with E-state index in [-0.39, 0.29) is 11.9 Å². The molecule has 0 bridgehead atoms. The standard InChI is InChI=1S/C16H26N2O3/c1-6-18(7-2)16(19)12(3)17-11-13-8-9-14(20-4)10-15(13)21-5/h8-10,12,17H,6-7,11H2,1-5H3. The lowest BCUT2D eigenvalue weighted by molar-refractivity contribution is -0.132. The van der Waals surface area contributed by atoms with Gasteiger partial charge < -0.3 is 19.7 Å². The van der Waals surface area contributed by atoms with Gasteiger partial charge in [0.15, 0.2) is 0 Å². The number of rotatable bonds is 8. The molecule has 1 aromatic rings. The third-order valence-corrected chi connectivity index (χ3v) is 3.54. The summed E-state index contributed by atoms with van der Waals surface area (Å²) in [5, 5.41) is 3.25. The minimum absolute atomic E-state index is 0.118. The quantitative estimate of drug-likeness (QED) is 0.797. The van der Waals surface area contributed by atoms with Crippen molar-refractivity contribution in [1.29, 1.82) is 0 Å². The van der Waals surface area contributed by atoms with Crippen LogP contribution in [0.5, 0.6) is 11.5 Å². The molecule has 0 fully saturated rings. The molecule has 1 amide bonds. The van der Waals surface area contributed by atoms with E-state index in [4.69, 9.17) is 9.47 Å². The Bertz CT molecular complexity index is 459. The van der Waals surface area contributed by atoms with Gasteiger partial charge in [0.2, 0.25) is 5.91 Å². The predicted octanol–water partition coefficient (Wildman–Crippen LogP) is 2.05. The van der Waals surface area contributed by atoms with Gasteiger partial charge in [-0.25, -0.2) is 0 Å². The van der Waals surface area contributed by atoms with Crippen LogP contribution in [0.4, 0.5) is 0 Å². The maximum absolute atomic E-state index is 12.2. The summed E-state index contributed by atoms with van der Waals surface area (Å²) in [4.78, 5) is 14.0. The number of benzene rings is 1. The van der Waals surface area contributed by atoms with Crippen molar-refractivity contribution in [1.82, 2.24) is 10.2 Å². The van der Waals surface area contributed by atoms with Crippen LogP contribution in [0.1, 0.15) is 26.3 Å². The van der Waals surface area contributed by atoms with Crippen LogP contribution in [-0.4, -0.2) is 44.2 Å². The highest BCUT2D eigenvalue weighted by atomic mass is 16.5. The van der Waals surface area contributed by atoms with E-state index in [2.05, 4.69) is 5.32 Å². The van der Waals surface area contributed by atoms with Crippen LogP contribution in [0, 0.1) is 0 Å². The Morgan fingerprint density at radius 2 is 1.90 bits per heavy atom. The zero-order chi connectivity index (χ0) is 15.8. The highest BCUT2D eigenvalue weighted by molar-refractivity contribution is 5.81. The lowest BCUT2D eigenvalue weighted by atomic mass is 10.1. The van der Waals surface area contributed by atoms with Gasteiger partial charge in [0.05, 0.1) is 20.3 Å². The molecule has 5 nitrogen and oxygen atoms in total. The van der Waals surface area contributed by atoms with Gasteiger partial charge in [-0.1, -0.05) is 6.07 Å². The zero-order valence-electron chi connectivity index (χ0n) is 13.6. The number of hydrogen-bond acceptors (Lipinski definition) is 4. The molecule has 0 aliphatic rings. The van der Waals surface area contributed by atoms with Crippen molar-refractivity contribution >= 4 is 5.91 Å². The summed E-state index contributed by atoms with van der Waals surface area (Å²) in [6.45, 7) is 7.89. The van der Waals surface area contributed by atoms with Crippen LogP contribution in [0.3, 0.4) is 0 Å². The number of amides is 1. The van der Waals surface area contributed by atoms with E-state index in [1.165, 1.54) is 0 Å². The minimum Gasteiger partial charge on any atom is -0.497 e. The largest absolute Gasteiger partial charge is 0.497 e. The lowest BCUT2D eigenvalue weighted by Crippen LogP contribution is -2.44. The summed E-state index contributed by atoms with van der Waals surface area (Å²) in [6.07, 6.45) is 0. The molecule has 21 heavy (non-hydrogen) atoms. The maximum atomic E-state index is 12.2. The third-order valence-electron chi connectivity index (χ3n) is 3.54. The first kappa shape index (κ1) is 17.3. The Labute approximate surface area is 127 Å². The molecule has 0 aliphatic heterocycles. The molecule has 1 unspecified atom stereocenters. The van der Waals surface area contributed by atoms with Crippen molar-refractivity contribution in [3.8, 4) is 11.5 Å². The number of carbonyl (C=O) groups excluding carboxylic acids is 1. The zero-order valence-corrected chi connectivity index (χ0v) is 13.6. The molecule has 0 saturated heterocycles. The second kappa shape index (κ2) is 8.52. The maximum Gasteiger partial charge on any atom is 0.239 e. The molecule has 0 radical (unpaired) electrons. The molecule has 1 aromatic carbocycles. The van der Waals surface area contributed by atoms with Gasteiger partial charge in [-0.15, -0.1) is 0 Å². The summed E-state index contributed by atoms with van der Waals surface area (Å²) in [5.74, 6) is 1.62. The summed E-state index contributed by atoms with van der Waals surface area (Å²) in [7, 11) is 3.25. The van der Waals surface area contributed by atoms with Gasteiger partial charge in [-0.2, -0.15) is 0 Å². The van der Waals surface area contributed by atoms with Crippen LogP contribution in [-0.2, 0) is 11.3 Å². The Kier molecular flexibility index (Phi) is 7.02. The van der Waals surface area contributed by atoms with Crippen LogP contribution in [0.2, 0.25) is 0 Å². The lowest BCUT2D eigenvalue weighted by Gasteiger charge is -2.23. The fourth-order valence-corrected chi connectivity index (χ4v) is 2.16. The first-order valence-electron chi connectivity index (χ1n) is 7.30. The van der Waals surface area contributed by atoms with Gasteiger partial charge in [0.25, 0.3) is 0 Å². The van der Waals surface area contributed by atoms with Crippen LogP contribution in [0.15, 0.2) is 18.2 Å². The molecule has 0 aliphatic carbocycles. The topological polar surface area (TPSA) is 50.8 Å². The van der Waals surface area contributed by atoms with Gasteiger partial charge in [0.1, 0.15) is 11.5 Å². The van der Waals surface area contributed by atoms with Crippen LogP contribution >= 0.6 is 0 Å². The second-order valence-corrected chi connectivity index (χ2v) is 4.79. The number of nitrogens with one attached hydrogen (secondary N) is 1. The number of likely N-dealkylation sites (N-methyl/N-ethyl adjacent to an activating group) is 1. The molecule has 1 N–H and O–H groups in total. The van der Waals surface area contributed by atoms with E-state index in [9.17, 15) is 4.79 Å². The molecule has 0 saturated carbocycles. The number of hydrogen-bond donors (Lipinski definition) is 1. The van der Waals surface area contributed by atoms with Crippen molar-refractivity contribution in [2.24, 2.45) is 0 Å².